The Bertz CT molecular complexity index is 683. The number of nitrogens with zero attached hydrogens (tertiary/aromatic N) is 2. The molecule has 3 rings (SSSR count). The van der Waals surface area contributed by atoms with Crippen molar-refractivity contribution in [3.8, 4) is 11.6 Å². The van der Waals surface area contributed by atoms with E-state index >= 15 is 0 Å². The molecule has 0 unspecified atom stereocenters. The topological polar surface area (TPSA) is 72.3 Å². The van der Waals surface area contributed by atoms with Crippen molar-refractivity contribution in [2.75, 3.05) is 0 Å². The molecule has 1 aromatic heterocycles. The largest absolute Gasteiger partial charge is 0.478 e. The van der Waals surface area contributed by atoms with Crippen LogP contribution in [0.25, 0.3) is 0 Å². The van der Waals surface area contributed by atoms with Gasteiger partial charge in [-0.3, -0.25) is 0 Å². The molecule has 5 heteroatoms. The van der Waals surface area contributed by atoms with E-state index in [9.17, 15) is 9.90 Å². The molecule has 0 radical (unpaired) electrons. The van der Waals surface area contributed by atoms with Gasteiger partial charge in [0.2, 0.25) is 5.88 Å². The third kappa shape index (κ3) is 2.22. The van der Waals surface area contributed by atoms with Crippen LogP contribution < -0.4 is 4.74 Å². The first-order valence-electron chi connectivity index (χ1n) is 6.49. The average Bonchev–Trinajstić information content (AvgIpc) is 2.88. The summed E-state index contributed by atoms with van der Waals surface area (Å²) in [5, 5.41) is 9.22. The van der Waals surface area contributed by atoms with E-state index < -0.39 is 5.97 Å². The van der Waals surface area contributed by atoms with Gasteiger partial charge in [0.25, 0.3) is 0 Å². The zero-order valence-electron chi connectivity index (χ0n) is 11.1. The Morgan fingerprint density at radius 2 is 2.15 bits per heavy atom. The molecule has 1 aliphatic rings. The van der Waals surface area contributed by atoms with E-state index in [-0.39, 0.29) is 5.56 Å². The number of carboxylic acid groups (broad SMARTS) is 1. The van der Waals surface area contributed by atoms with Crippen LogP contribution in [0.15, 0.2) is 24.5 Å². The first-order chi connectivity index (χ1) is 9.65. The molecule has 5 nitrogen and oxygen atoms in total. The molecule has 0 saturated carbocycles. The van der Waals surface area contributed by atoms with Crippen molar-refractivity contribution < 1.29 is 14.6 Å². The number of aromatic carboxylic acids is 1. The molecule has 0 aliphatic heterocycles. The molecule has 2 aromatic rings. The van der Waals surface area contributed by atoms with Crippen LogP contribution >= 0.6 is 0 Å². The predicted octanol–water partition coefficient (Wildman–Crippen LogP) is 2.76. The summed E-state index contributed by atoms with van der Waals surface area (Å²) in [6.45, 7) is 1.89. The fourth-order valence-corrected chi connectivity index (χ4v) is 2.41. The molecule has 0 spiro atoms. The van der Waals surface area contributed by atoms with Gasteiger partial charge in [0, 0.05) is 5.56 Å². The molecular weight excluding hydrogens is 256 g/mol. The third-order valence-corrected chi connectivity index (χ3v) is 3.41. The first-order valence-corrected chi connectivity index (χ1v) is 6.49. The van der Waals surface area contributed by atoms with Gasteiger partial charge in [-0.25, -0.2) is 14.8 Å². The highest BCUT2D eigenvalue weighted by molar-refractivity contribution is 5.91. The normalized spacial score (nSPS) is 13.1. The standard InChI is InChI=1S/C15H14N2O3/c1-9-5-6-11(15(18)19)13(7-9)20-14-10-3-2-4-12(10)16-8-17-14/h5-8H,2-4H2,1H3,(H,18,19). The molecule has 1 N–H and O–H groups in total. The SMILES string of the molecule is Cc1ccc(C(=O)O)c(Oc2ncnc3c2CCC3)c1. The van der Waals surface area contributed by atoms with Crippen molar-refractivity contribution in [3.05, 3.63) is 46.9 Å². The van der Waals surface area contributed by atoms with Gasteiger partial charge >= 0.3 is 5.97 Å². The zero-order chi connectivity index (χ0) is 14.1. The van der Waals surface area contributed by atoms with Crippen molar-refractivity contribution in [1.82, 2.24) is 9.97 Å². The summed E-state index contributed by atoms with van der Waals surface area (Å²) in [4.78, 5) is 19.6. The zero-order valence-corrected chi connectivity index (χ0v) is 11.1. The van der Waals surface area contributed by atoms with Crippen LogP contribution in [-0.4, -0.2) is 21.0 Å². The van der Waals surface area contributed by atoms with Gasteiger partial charge in [0.05, 0.1) is 5.69 Å². The van der Waals surface area contributed by atoms with E-state index in [1.54, 1.807) is 18.2 Å². The number of fused-ring (bicyclic) bond motifs is 1. The summed E-state index contributed by atoms with van der Waals surface area (Å²) in [5.74, 6) is -0.211. The van der Waals surface area contributed by atoms with Crippen molar-refractivity contribution >= 4 is 5.97 Å². The smallest absolute Gasteiger partial charge is 0.339 e. The van der Waals surface area contributed by atoms with Crippen LogP contribution in [-0.2, 0) is 12.8 Å². The minimum Gasteiger partial charge on any atom is -0.478 e. The van der Waals surface area contributed by atoms with Crippen LogP contribution in [0, 0.1) is 6.92 Å². The molecule has 102 valence electrons. The van der Waals surface area contributed by atoms with Gasteiger partial charge in [0.15, 0.2) is 0 Å². The maximum absolute atomic E-state index is 11.2. The monoisotopic (exact) mass is 270 g/mol. The number of ether oxygens (including phenoxy) is 1. The van der Waals surface area contributed by atoms with E-state index in [0.717, 1.165) is 36.1 Å². The Labute approximate surface area is 116 Å². The summed E-state index contributed by atoms with van der Waals surface area (Å²) >= 11 is 0. The first kappa shape index (κ1) is 12.6. The highest BCUT2D eigenvalue weighted by atomic mass is 16.5. The van der Waals surface area contributed by atoms with Gasteiger partial charge in [-0.05, 0) is 43.9 Å². The number of carboxylic acids is 1. The quantitative estimate of drug-likeness (QED) is 0.928. The molecule has 0 amide bonds. The Balaban J connectivity index is 2.02. The van der Waals surface area contributed by atoms with Gasteiger partial charge in [-0.1, -0.05) is 6.07 Å². The summed E-state index contributed by atoms with van der Waals surface area (Å²) in [7, 11) is 0. The second-order valence-corrected chi connectivity index (χ2v) is 4.86. The number of hydrogen-bond acceptors (Lipinski definition) is 4. The minimum absolute atomic E-state index is 0.140. The maximum Gasteiger partial charge on any atom is 0.339 e. The minimum atomic E-state index is -1.01. The lowest BCUT2D eigenvalue weighted by Crippen LogP contribution is -2.03. The second kappa shape index (κ2) is 4.92. The molecule has 0 atom stereocenters. The van der Waals surface area contributed by atoms with Gasteiger partial charge in [-0.2, -0.15) is 0 Å². The molecule has 0 saturated heterocycles. The highest BCUT2D eigenvalue weighted by Crippen LogP contribution is 2.32. The van der Waals surface area contributed by atoms with Crippen LogP contribution in [0.1, 0.15) is 33.6 Å². The summed E-state index contributed by atoms with van der Waals surface area (Å²) < 4.78 is 5.76. The van der Waals surface area contributed by atoms with E-state index in [4.69, 9.17) is 4.74 Å². The lowest BCUT2D eigenvalue weighted by Gasteiger charge is -2.11. The summed E-state index contributed by atoms with van der Waals surface area (Å²) in [6, 6.07) is 5.02. The van der Waals surface area contributed by atoms with Gasteiger partial charge in [0.1, 0.15) is 17.6 Å². The third-order valence-electron chi connectivity index (χ3n) is 3.41. The summed E-state index contributed by atoms with van der Waals surface area (Å²) in [6.07, 6.45) is 4.30. The molecule has 0 bridgehead atoms. The van der Waals surface area contributed by atoms with E-state index in [0.29, 0.717) is 11.6 Å². The van der Waals surface area contributed by atoms with Crippen LogP contribution in [0.3, 0.4) is 0 Å². The van der Waals surface area contributed by atoms with Crippen molar-refractivity contribution in [1.29, 1.82) is 0 Å². The Morgan fingerprint density at radius 3 is 2.95 bits per heavy atom. The Kier molecular flexibility index (Phi) is 3.10. The van der Waals surface area contributed by atoms with Crippen molar-refractivity contribution in [2.24, 2.45) is 0 Å². The molecule has 0 fully saturated rings. The number of hydrogen-bond donors (Lipinski definition) is 1. The number of aryl methyl sites for hydroxylation is 2. The highest BCUT2D eigenvalue weighted by Gasteiger charge is 2.20. The maximum atomic E-state index is 11.2. The van der Waals surface area contributed by atoms with Crippen LogP contribution in [0.5, 0.6) is 11.6 Å². The number of carbonyl (C=O) groups is 1. The number of rotatable bonds is 3. The van der Waals surface area contributed by atoms with E-state index in [1.165, 1.54) is 6.33 Å². The lowest BCUT2D eigenvalue weighted by atomic mass is 10.1. The number of benzene rings is 1. The Morgan fingerprint density at radius 1 is 1.30 bits per heavy atom. The number of aromatic nitrogens is 2. The Hall–Kier alpha value is -2.43. The van der Waals surface area contributed by atoms with Crippen molar-refractivity contribution in [2.45, 2.75) is 26.2 Å². The van der Waals surface area contributed by atoms with Crippen molar-refractivity contribution in [3.63, 3.8) is 0 Å². The molecule has 1 aliphatic carbocycles. The van der Waals surface area contributed by atoms with Crippen LogP contribution in [0.2, 0.25) is 0 Å². The molecule has 20 heavy (non-hydrogen) atoms. The van der Waals surface area contributed by atoms with E-state index in [2.05, 4.69) is 9.97 Å². The molecule has 1 heterocycles. The van der Waals surface area contributed by atoms with Gasteiger partial charge in [-0.15, -0.1) is 0 Å². The predicted molar refractivity (Wildman–Crippen MR) is 72.3 cm³/mol. The van der Waals surface area contributed by atoms with Crippen LogP contribution in [0.4, 0.5) is 0 Å². The molecule has 1 aromatic carbocycles. The average molecular weight is 270 g/mol. The fourth-order valence-electron chi connectivity index (χ4n) is 2.41. The second-order valence-electron chi connectivity index (χ2n) is 4.86. The summed E-state index contributed by atoms with van der Waals surface area (Å²) in [5.41, 5.74) is 3.07. The fraction of sp³-hybridized carbons (Fsp3) is 0.267. The van der Waals surface area contributed by atoms with Gasteiger partial charge < -0.3 is 9.84 Å². The molecular formula is C15H14N2O3. The van der Waals surface area contributed by atoms with E-state index in [1.807, 2.05) is 6.92 Å². The lowest BCUT2D eigenvalue weighted by molar-refractivity contribution is 0.0694.